The number of aromatic nitrogens is 4. The lowest BCUT2D eigenvalue weighted by Gasteiger charge is -2.11. The molecule has 0 atom stereocenters. The normalized spacial score (nSPS) is 11.1. The van der Waals surface area contributed by atoms with Crippen LogP contribution < -0.4 is 0 Å². The molecule has 30 heavy (non-hydrogen) atoms. The fraction of sp³-hybridized carbons (Fsp3) is 0.0800. The lowest BCUT2D eigenvalue weighted by atomic mass is 10.1. The summed E-state index contributed by atoms with van der Waals surface area (Å²) in [6.07, 6.45) is 2.58. The van der Waals surface area contributed by atoms with E-state index in [-0.39, 0.29) is 0 Å². The van der Waals surface area contributed by atoms with Crippen LogP contribution in [0, 0.1) is 0 Å². The minimum absolute atomic E-state index is 0.735. The molecule has 2 aromatic heterocycles. The number of hydrogen-bond acceptors (Lipinski definition) is 4. The molecule has 0 aliphatic heterocycles. The Morgan fingerprint density at radius 2 is 1.50 bits per heavy atom. The highest BCUT2D eigenvalue weighted by atomic mass is 32.2. The maximum absolute atomic E-state index is 4.58. The van der Waals surface area contributed by atoms with Crippen molar-refractivity contribution < 1.29 is 0 Å². The number of para-hydroxylation sites is 2. The van der Waals surface area contributed by atoms with Gasteiger partial charge in [0.15, 0.2) is 5.16 Å². The molecule has 0 radical (unpaired) electrons. The van der Waals surface area contributed by atoms with Crippen LogP contribution in [0.15, 0.2) is 102 Å². The zero-order valence-electron chi connectivity index (χ0n) is 16.3. The Morgan fingerprint density at radius 1 is 0.733 bits per heavy atom. The van der Waals surface area contributed by atoms with Crippen LogP contribution in [0.4, 0.5) is 0 Å². The van der Waals surface area contributed by atoms with Gasteiger partial charge in [0.05, 0.1) is 5.52 Å². The highest BCUT2D eigenvalue weighted by Gasteiger charge is 2.15. The molecular weight excluding hydrogens is 388 g/mol. The molecule has 5 heteroatoms. The standard InChI is InChI=1S/C25H20N4S/c1-3-9-19(10-4-1)17-23-27-28-25(29(23)22-14-5-2-6-15-22)30-18-21-12-7-11-20-13-8-16-26-24(20)21/h1-16H,17-18H2. The van der Waals surface area contributed by atoms with E-state index in [2.05, 4.69) is 80.4 Å². The van der Waals surface area contributed by atoms with E-state index >= 15 is 0 Å². The Labute approximate surface area is 179 Å². The summed E-state index contributed by atoms with van der Waals surface area (Å²) >= 11 is 1.69. The summed E-state index contributed by atoms with van der Waals surface area (Å²) in [5.41, 5.74) is 4.54. The molecule has 4 nitrogen and oxygen atoms in total. The second-order valence-electron chi connectivity index (χ2n) is 7.01. The van der Waals surface area contributed by atoms with Crippen molar-refractivity contribution in [1.29, 1.82) is 0 Å². The number of fused-ring (bicyclic) bond motifs is 1. The number of hydrogen-bond donors (Lipinski definition) is 0. The van der Waals surface area contributed by atoms with Gasteiger partial charge in [0.25, 0.3) is 0 Å². The third-order valence-electron chi connectivity index (χ3n) is 4.99. The molecule has 0 spiro atoms. The molecule has 0 bridgehead atoms. The molecule has 0 unspecified atom stereocenters. The van der Waals surface area contributed by atoms with Gasteiger partial charge in [0.1, 0.15) is 5.82 Å². The molecule has 5 rings (SSSR count). The third-order valence-corrected chi connectivity index (χ3v) is 5.97. The number of rotatable bonds is 6. The zero-order chi connectivity index (χ0) is 20.2. The van der Waals surface area contributed by atoms with Crippen LogP contribution in [-0.2, 0) is 12.2 Å². The van der Waals surface area contributed by atoms with Crippen molar-refractivity contribution in [2.45, 2.75) is 17.3 Å². The van der Waals surface area contributed by atoms with Crippen LogP contribution in [0.25, 0.3) is 16.6 Å². The summed E-state index contributed by atoms with van der Waals surface area (Å²) in [5.74, 6) is 1.72. The van der Waals surface area contributed by atoms with Gasteiger partial charge in [-0.05, 0) is 29.3 Å². The molecule has 0 aliphatic rings. The summed E-state index contributed by atoms with van der Waals surface area (Å²) in [7, 11) is 0. The summed E-state index contributed by atoms with van der Waals surface area (Å²) in [5, 5.41) is 11.1. The van der Waals surface area contributed by atoms with Crippen molar-refractivity contribution in [2.24, 2.45) is 0 Å². The molecule has 0 saturated carbocycles. The fourth-order valence-electron chi connectivity index (χ4n) is 3.55. The van der Waals surface area contributed by atoms with Crippen LogP contribution in [-0.4, -0.2) is 19.7 Å². The van der Waals surface area contributed by atoms with Gasteiger partial charge in [0, 0.05) is 29.4 Å². The Hall–Kier alpha value is -3.44. The van der Waals surface area contributed by atoms with Gasteiger partial charge in [-0.15, -0.1) is 10.2 Å². The van der Waals surface area contributed by atoms with E-state index in [0.717, 1.165) is 39.7 Å². The first-order valence-electron chi connectivity index (χ1n) is 9.87. The van der Waals surface area contributed by atoms with E-state index in [4.69, 9.17) is 0 Å². The monoisotopic (exact) mass is 408 g/mol. The van der Waals surface area contributed by atoms with E-state index in [9.17, 15) is 0 Å². The summed E-state index contributed by atoms with van der Waals surface area (Å²) in [6, 6.07) is 31.1. The second kappa shape index (κ2) is 8.51. The Balaban J connectivity index is 1.49. The Bertz CT molecular complexity index is 1260. The van der Waals surface area contributed by atoms with E-state index < -0.39 is 0 Å². The first kappa shape index (κ1) is 18.6. The van der Waals surface area contributed by atoms with Gasteiger partial charge in [0.2, 0.25) is 0 Å². The number of pyridine rings is 1. The van der Waals surface area contributed by atoms with E-state index in [0.29, 0.717) is 0 Å². The Morgan fingerprint density at radius 3 is 2.33 bits per heavy atom. The predicted molar refractivity (Wildman–Crippen MR) is 122 cm³/mol. The lowest BCUT2D eigenvalue weighted by Crippen LogP contribution is -2.03. The minimum Gasteiger partial charge on any atom is -0.274 e. The number of benzene rings is 3. The van der Waals surface area contributed by atoms with Gasteiger partial charge in [-0.3, -0.25) is 9.55 Å². The second-order valence-corrected chi connectivity index (χ2v) is 7.96. The molecule has 0 fully saturated rings. The van der Waals surface area contributed by atoms with Crippen molar-refractivity contribution >= 4 is 22.7 Å². The summed E-state index contributed by atoms with van der Waals surface area (Å²) in [6.45, 7) is 0. The average molecular weight is 409 g/mol. The Kier molecular flexibility index (Phi) is 5.27. The minimum atomic E-state index is 0.735. The average Bonchev–Trinajstić information content (AvgIpc) is 3.21. The summed E-state index contributed by atoms with van der Waals surface area (Å²) in [4.78, 5) is 4.58. The van der Waals surface area contributed by atoms with Crippen molar-refractivity contribution in [3.8, 4) is 5.69 Å². The van der Waals surface area contributed by atoms with Gasteiger partial charge in [-0.2, -0.15) is 0 Å². The van der Waals surface area contributed by atoms with E-state index in [1.807, 2.05) is 36.5 Å². The molecule has 3 aromatic carbocycles. The molecule has 146 valence electrons. The van der Waals surface area contributed by atoms with Crippen molar-refractivity contribution in [3.05, 3.63) is 114 Å². The van der Waals surface area contributed by atoms with Gasteiger partial charge in [-0.25, -0.2) is 0 Å². The molecular formula is C25H20N4S. The SMILES string of the molecule is c1ccc(Cc2nnc(SCc3cccc4cccnc34)n2-c2ccccc2)cc1. The maximum Gasteiger partial charge on any atom is 0.196 e. The van der Waals surface area contributed by atoms with Gasteiger partial charge >= 0.3 is 0 Å². The molecule has 2 heterocycles. The van der Waals surface area contributed by atoms with Crippen molar-refractivity contribution in [3.63, 3.8) is 0 Å². The number of nitrogens with zero attached hydrogens (tertiary/aromatic N) is 4. The largest absolute Gasteiger partial charge is 0.274 e. The molecule has 0 N–H and O–H groups in total. The zero-order valence-corrected chi connectivity index (χ0v) is 17.2. The predicted octanol–water partition coefficient (Wildman–Crippen LogP) is 5.70. The van der Waals surface area contributed by atoms with Crippen molar-refractivity contribution in [2.75, 3.05) is 0 Å². The first-order valence-corrected chi connectivity index (χ1v) is 10.9. The summed E-state index contributed by atoms with van der Waals surface area (Å²) < 4.78 is 2.16. The highest BCUT2D eigenvalue weighted by molar-refractivity contribution is 7.98. The van der Waals surface area contributed by atoms with Crippen LogP contribution in [0.5, 0.6) is 0 Å². The topological polar surface area (TPSA) is 43.6 Å². The first-order chi connectivity index (χ1) is 14.9. The highest BCUT2D eigenvalue weighted by Crippen LogP contribution is 2.28. The number of thioether (sulfide) groups is 1. The third kappa shape index (κ3) is 3.84. The van der Waals surface area contributed by atoms with Gasteiger partial charge < -0.3 is 0 Å². The van der Waals surface area contributed by atoms with Crippen LogP contribution in [0.3, 0.4) is 0 Å². The fourth-order valence-corrected chi connectivity index (χ4v) is 4.51. The smallest absolute Gasteiger partial charge is 0.196 e. The van der Waals surface area contributed by atoms with E-state index in [1.54, 1.807) is 11.8 Å². The van der Waals surface area contributed by atoms with Crippen molar-refractivity contribution in [1.82, 2.24) is 19.7 Å². The van der Waals surface area contributed by atoms with Crippen LogP contribution in [0.1, 0.15) is 17.0 Å². The molecule has 0 aliphatic carbocycles. The molecule has 0 amide bonds. The lowest BCUT2D eigenvalue weighted by molar-refractivity contribution is 0.848. The quantitative estimate of drug-likeness (QED) is 0.338. The molecule has 0 saturated heterocycles. The van der Waals surface area contributed by atoms with Gasteiger partial charge in [-0.1, -0.05) is 84.6 Å². The van der Waals surface area contributed by atoms with E-state index in [1.165, 1.54) is 11.1 Å². The van der Waals surface area contributed by atoms with Crippen LogP contribution >= 0.6 is 11.8 Å². The molecule has 5 aromatic rings. The maximum atomic E-state index is 4.58. The van der Waals surface area contributed by atoms with Crippen LogP contribution in [0.2, 0.25) is 0 Å².